The largest absolute Gasteiger partial charge is 0.296 e. The second kappa shape index (κ2) is 5.38. The summed E-state index contributed by atoms with van der Waals surface area (Å²) in [5.74, 6) is 0. The summed E-state index contributed by atoms with van der Waals surface area (Å²) in [6.45, 7) is 4.17. The molecule has 0 amide bonds. The minimum absolute atomic E-state index is 0.0436. The maximum absolute atomic E-state index is 10.9. The zero-order chi connectivity index (χ0) is 13.2. The summed E-state index contributed by atoms with van der Waals surface area (Å²) < 4.78 is 30.8. The van der Waals surface area contributed by atoms with Crippen LogP contribution >= 0.6 is 0 Å². The van der Waals surface area contributed by atoms with Gasteiger partial charge in [-0.2, -0.15) is 8.42 Å². The van der Waals surface area contributed by atoms with E-state index in [0.717, 1.165) is 18.7 Å². The molecule has 0 spiro atoms. The smallest absolute Gasteiger partial charge is 0.294 e. The maximum Gasteiger partial charge on any atom is 0.294 e. The molecule has 1 atom stereocenters. The molecule has 0 aromatic heterocycles. The average molecular weight is 269 g/mol. The third kappa shape index (κ3) is 3.31. The van der Waals surface area contributed by atoms with Gasteiger partial charge in [0.15, 0.2) is 0 Å². The second-order valence-corrected chi connectivity index (χ2v) is 6.36. The Morgan fingerprint density at radius 1 is 1.28 bits per heavy atom. The van der Waals surface area contributed by atoms with Crippen LogP contribution in [0.1, 0.15) is 31.7 Å². The zero-order valence-corrected chi connectivity index (χ0v) is 11.4. The number of likely N-dealkylation sites (tertiary alicyclic amines) is 1. The molecule has 1 aliphatic rings. The molecule has 1 fully saturated rings. The fourth-order valence-electron chi connectivity index (χ4n) is 2.39. The predicted octanol–water partition coefficient (Wildman–Crippen LogP) is 2.31. The van der Waals surface area contributed by atoms with Crippen molar-refractivity contribution in [3.63, 3.8) is 0 Å². The highest BCUT2D eigenvalue weighted by Gasteiger charge is 2.18. The molecule has 0 bridgehead atoms. The van der Waals surface area contributed by atoms with Crippen molar-refractivity contribution in [1.29, 1.82) is 0 Å². The van der Waals surface area contributed by atoms with Gasteiger partial charge in [-0.05, 0) is 44.0 Å². The Morgan fingerprint density at radius 2 is 1.94 bits per heavy atom. The van der Waals surface area contributed by atoms with Crippen LogP contribution in [-0.4, -0.2) is 30.5 Å². The van der Waals surface area contributed by atoms with E-state index in [9.17, 15) is 8.42 Å². The topological polar surface area (TPSA) is 57.6 Å². The molecular formula is C13H19NO3S. The van der Waals surface area contributed by atoms with Gasteiger partial charge in [0.2, 0.25) is 0 Å². The summed E-state index contributed by atoms with van der Waals surface area (Å²) in [5.41, 5.74) is 1.08. The van der Waals surface area contributed by atoms with Crippen molar-refractivity contribution in [2.45, 2.75) is 43.7 Å². The molecule has 2 rings (SSSR count). The van der Waals surface area contributed by atoms with Gasteiger partial charge in [-0.1, -0.05) is 18.6 Å². The van der Waals surface area contributed by atoms with Crippen LogP contribution in [-0.2, 0) is 16.7 Å². The van der Waals surface area contributed by atoms with Gasteiger partial charge >= 0.3 is 0 Å². The first-order valence-electron chi connectivity index (χ1n) is 6.27. The van der Waals surface area contributed by atoms with E-state index in [2.05, 4.69) is 11.8 Å². The Hall–Kier alpha value is -0.910. The van der Waals surface area contributed by atoms with Crippen LogP contribution in [0.4, 0.5) is 0 Å². The molecule has 5 heteroatoms. The Morgan fingerprint density at radius 3 is 2.50 bits per heavy atom. The van der Waals surface area contributed by atoms with Gasteiger partial charge in [0, 0.05) is 12.6 Å². The monoisotopic (exact) mass is 269 g/mol. The van der Waals surface area contributed by atoms with Crippen LogP contribution in [0.25, 0.3) is 0 Å². The summed E-state index contributed by atoms with van der Waals surface area (Å²) in [5, 5.41) is 0. The third-order valence-electron chi connectivity index (χ3n) is 3.55. The van der Waals surface area contributed by atoms with Crippen LogP contribution in [0.3, 0.4) is 0 Å². The first-order valence-corrected chi connectivity index (χ1v) is 7.71. The molecule has 100 valence electrons. The number of hydrogen-bond acceptors (Lipinski definition) is 3. The molecule has 1 saturated heterocycles. The van der Waals surface area contributed by atoms with Crippen molar-refractivity contribution >= 4 is 10.1 Å². The van der Waals surface area contributed by atoms with Crippen LogP contribution in [0.2, 0.25) is 0 Å². The lowest BCUT2D eigenvalue weighted by Gasteiger charge is -2.33. The highest BCUT2D eigenvalue weighted by molar-refractivity contribution is 7.85. The van der Waals surface area contributed by atoms with Gasteiger partial charge in [-0.3, -0.25) is 9.45 Å². The number of nitrogens with zero attached hydrogens (tertiary/aromatic N) is 1. The molecule has 1 aromatic rings. The van der Waals surface area contributed by atoms with Crippen molar-refractivity contribution in [3.05, 3.63) is 29.8 Å². The maximum atomic E-state index is 10.9. The Kier molecular flexibility index (Phi) is 4.04. The number of rotatable bonds is 3. The van der Waals surface area contributed by atoms with E-state index in [-0.39, 0.29) is 4.90 Å². The van der Waals surface area contributed by atoms with E-state index in [1.54, 1.807) is 12.1 Å². The minimum atomic E-state index is -4.08. The fraction of sp³-hybridized carbons (Fsp3) is 0.538. The van der Waals surface area contributed by atoms with Crippen molar-refractivity contribution < 1.29 is 13.0 Å². The summed E-state index contributed by atoms with van der Waals surface area (Å²) in [6.07, 6.45) is 3.75. The van der Waals surface area contributed by atoms with Gasteiger partial charge in [0.1, 0.15) is 0 Å². The van der Waals surface area contributed by atoms with Crippen LogP contribution < -0.4 is 0 Å². The normalized spacial score (nSPS) is 22.0. The summed E-state index contributed by atoms with van der Waals surface area (Å²) >= 11 is 0. The molecule has 0 radical (unpaired) electrons. The lowest BCUT2D eigenvalue weighted by Crippen LogP contribution is -2.36. The van der Waals surface area contributed by atoms with Crippen molar-refractivity contribution in [1.82, 2.24) is 4.90 Å². The van der Waals surface area contributed by atoms with Crippen LogP contribution in [0.15, 0.2) is 29.2 Å². The number of hydrogen-bond donors (Lipinski definition) is 1. The zero-order valence-electron chi connectivity index (χ0n) is 10.5. The number of piperidine rings is 1. The van der Waals surface area contributed by atoms with Crippen molar-refractivity contribution in [2.24, 2.45) is 0 Å². The van der Waals surface area contributed by atoms with Crippen molar-refractivity contribution in [2.75, 3.05) is 6.54 Å². The molecule has 4 nitrogen and oxygen atoms in total. The summed E-state index contributed by atoms with van der Waals surface area (Å²) in [7, 11) is -4.08. The summed E-state index contributed by atoms with van der Waals surface area (Å²) in [6, 6.07) is 7.04. The van der Waals surface area contributed by atoms with E-state index in [1.165, 1.54) is 31.4 Å². The standard InChI is InChI=1S/C13H19NO3S/c1-11-4-2-3-9-14(11)10-12-5-7-13(8-6-12)18(15,16)17/h5-8,11H,2-4,9-10H2,1H3,(H,15,16,17)/t11-/m1/s1. The van der Waals surface area contributed by atoms with E-state index < -0.39 is 10.1 Å². The first kappa shape index (κ1) is 13.5. The molecule has 1 heterocycles. The van der Waals surface area contributed by atoms with E-state index in [1.807, 2.05) is 0 Å². The SMILES string of the molecule is C[C@@H]1CCCCN1Cc1ccc(S(=O)(=O)O)cc1. The van der Waals surface area contributed by atoms with Crippen molar-refractivity contribution in [3.8, 4) is 0 Å². The van der Waals surface area contributed by atoms with E-state index in [0.29, 0.717) is 6.04 Å². The Labute approximate surface area is 108 Å². The van der Waals surface area contributed by atoms with Crippen LogP contribution in [0, 0.1) is 0 Å². The summed E-state index contributed by atoms with van der Waals surface area (Å²) in [4.78, 5) is 2.37. The van der Waals surface area contributed by atoms with Crippen LogP contribution in [0.5, 0.6) is 0 Å². The lowest BCUT2D eigenvalue weighted by molar-refractivity contribution is 0.152. The third-order valence-corrected chi connectivity index (χ3v) is 4.42. The highest BCUT2D eigenvalue weighted by Crippen LogP contribution is 2.19. The highest BCUT2D eigenvalue weighted by atomic mass is 32.2. The average Bonchev–Trinajstić information content (AvgIpc) is 2.32. The van der Waals surface area contributed by atoms with Gasteiger partial charge in [0.25, 0.3) is 10.1 Å². The number of benzene rings is 1. The molecule has 1 N–H and O–H groups in total. The molecule has 0 aliphatic carbocycles. The predicted molar refractivity (Wildman–Crippen MR) is 70.0 cm³/mol. The molecule has 1 aliphatic heterocycles. The van der Waals surface area contributed by atoms with Gasteiger partial charge < -0.3 is 0 Å². The van der Waals surface area contributed by atoms with Gasteiger partial charge in [-0.15, -0.1) is 0 Å². The Balaban J connectivity index is 2.06. The van der Waals surface area contributed by atoms with E-state index in [4.69, 9.17) is 4.55 Å². The quantitative estimate of drug-likeness (QED) is 0.855. The molecule has 1 aromatic carbocycles. The lowest BCUT2D eigenvalue weighted by atomic mass is 10.0. The minimum Gasteiger partial charge on any atom is -0.296 e. The Bertz CT molecular complexity index is 495. The van der Waals surface area contributed by atoms with Gasteiger partial charge in [0.05, 0.1) is 4.90 Å². The first-order chi connectivity index (χ1) is 8.47. The molecule has 0 unspecified atom stereocenters. The molecule has 18 heavy (non-hydrogen) atoms. The van der Waals surface area contributed by atoms with E-state index >= 15 is 0 Å². The second-order valence-electron chi connectivity index (χ2n) is 4.93. The molecule has 0 saturated carbocycles. The fourth-order valence-corrected chi connectivity index (χ4v) is 2.87. The molecular weight excluding hydrogens is 250 g/mol. The van der Waals surface area contributed by atoms with Gasteiger partial charge in [-0.25, -0.2) is 0 Å².